The minimum absolute atomic E-state index is 0.146. The van der Waals surface area contributed by atoms with Gasteiger partial charge in [0, 0.05) is 12.0 Å². The fraction of sp³-hybridized carbons (Fsp3) is 0.462. The number of rotatable bonds is 1. The van der Waals surface area contributed by atoms with E-state index in [0.717, 1.165) is 12.1 Å². The molecule has 0 aliphatic carbocycles. The minimum Gasteiger partial charge on any atom is -0.306 e. The number of nitrogens with zero attached hydrogens (tertiary/aromatic N) is 1. The molecule has 3 heteroatoms. The molecule has 16 heavy (non-hydrogen) atoms. The fourth-order valence-corrected chi connectivity index (χ4v) is 2.80. The lowest BCUT2D eigenvalue weighted by Crippen LogP contribution is -2.45. The van der Waals surface area contributed by atoms with Crippen molar-refractivity contribution in [2.45, 2.75) is 39.2 Å². The molecule has 1 amide bonds. The number of carbonyl (C=O) groups is 1. The second-order valence-electron chi connectivity index (χ2n) is 5.01. The number of hydrogen-bond acceptors (Lipinski definition) is 2. The predicted octanol–water partition coefficient (Wildman–Crippen LogP) is 3.51. The van der Waals surface area contributed by atoms with Gasteiger partial charge in [0.1, 0.15) is 0 Å². The molecule has 2 rings (SSSR count). The van der Waals surface area contributed by atoms with Crippen LogP contribution < -0.4 is 0 Å². The molecule has 0 fully saturated rings. The third-order valence-electron chi connectivity index (χ3n) is 2.63. The summed E-state index contributed by atoms with van der Waals surface area (Å²) in [5.74, 6) is 0.235. The van der Waals surface area contributed by atoms with Crippen LogP contribution in [0.5, 0.6) is 0 Å². The van der Waals surface area contributed by atoms with Gasteiger partial charge in [-0.05, 0) is 38.6 Å². The summed E-state index contributed by atoms with van der Waals surface area (Å²) in [4.78, 5) is 15.2. The Bertz CT molecular complexity index is 412. The summed E-state index contributed by atoms with van der Waals surface area (Å²) in [5, 5.41) is 2.05. The lowest BCUT2D eigenvalue weighted by molar-refractivity contribution is -0.131. The maximum absolute atomic E-state index is 12.0. The molecule has 0 radical (unpaired) electrons. The van der Waals surface area contributed by atoms with Crippen LogP contribution >= 0.6 is 11.3 Å². The second kappa shape index (κ2) is 4.06. The van der Waals surface area contributed by atoms with Gasteiger partial charge in [-0.3, -0.25) is 4.79 Å². The first-order valence-electron chi connectivity index (χ1n) is 5.57. The molecule has 0 saturated heterocycles. The number of allylic oxidation sites excluding steroid dienone is 1. The van der Waals surface area contributed by atoms with Crippen molar-refractivity contribution < 1.29 is 4.79 Å². The lowest BCUT2D eigenvalue weighted by Gasteiger charge is -2.39. The van der Waals surface area contributed by atoms with Gasteiger partial charge in [0.05, 0.1) is 10.6 Å². The molecule has 0 N–H and O–H groups in total. The molecule has 0 spiro atoms. The number of thiophene rings is 1. The van der Waals surface area contributed by atoms with Crippen molar-refractivity contribution in [3.8, 4) is 0 Å². The van der Waals surface area contributed by atoms with E-state index in [-0.39, 0.29) is 11.4 Å². The zero-order chi connectivity index (χ0) is 11.8. The molecule has 1 aliphatic heterocycles. The Kier molecular flexibility index (Phi) is 2.89. The highest BCUT2D eigenvalue weighted by Crippen LogP contribution is 2.34. The highest BCUT2D eigenvalue weighted by atomic mass is 32.1. The van der Waals surface area contributed by atoms with Crippen LogP contribution in [-0.2, 0) is 4.79 Å². The van der Waals surface area contributed by atoms with Crippen LogP contribution in [0.3, 0.4) is 0 Å². The van der Waals surface area contributed by atoms with E-state index in [0.29, 0.717) is 6.42 Å². The summed E-state index contributed by atoms with van der Waals surface area (Å²) in [6.45, 7) is 6.24. The van der Waals surface area contributed by atoms with Crippen LogP contribution in [0.2, 0.25) is 0 Å². The molecule has 2 heterocycles. The Morgan fingerprint density at radius 3 is 2.69 bits per heavy atom. The Labute approximate surface area is 101 Å². The number of hydrogen-bond donors (Lipinski definition) is 0. The molecule has 1 aliphatic rings. The van der Waals surface area contributed by atoms with Gasteiger partial charge in [0.25, 0.3) is 0 Å². The van der Waals surface area contributed by atoms with E-state index in [2.05, 4.69) is 38.3 Å². The first-order chi connectivity index (χ1) is 7.50. The van der Waals surface area contributed by atoms with Crippen molar-refractivity contribution in [1.29, 1.82) is 0 Å². The molecular formula is C13H17NOS. The van der Waals surface area contributed by atoms with Crippen molar-refractivity contribution in [2.24, 2.45) is 0 Å². The van der Waals surface area contributed by atoms with Gasteiger partial charge in [-0.15, -0.1) is 11.3 Å². The zero-order valence-electron chi connectivity index (χ0n) is 9.99. The molecule has 86 valence electrons. The van der Waals surface area contributed by atoms with Crippen LogP contribution in [-0.4, -0.2) is 16.3 Å². The van der Waals surface area contributed by atoms with E-state index in [9.17, 15) is 4.79 Å². The van der Waals surface area contributed by atoms with Gasteiger partial charge in [0.15, 0.2) is 0 Å². The quantitative estimate of drug-likeness (QED) is 0.729. The highest BCUT2D eigenvalue weighted by molar-refractivity contribution is 7.11. The second-order valence-corrected chi connectivity index (χ2v) is 5.95. The van der Waals surface area contributed by atoms with Crippen molar-refractivity contribution >= 4 is 22.9 Å². The largest absolute Gasteiger partial charge is 0.306 e. The van der Waals surface area contributed by atoms with Gasteiger partial charge in [0.2, 0.25) is 5.91 Å². The Morgan fingerprint density at radius 2 is 2.12 bits per heavy atom. The van der Waals surface area contributed by atoms with Crippen molar-refractivity contribution in [1.82, 2.24) is 4.90 Å². The minimum atomic E-state index is -0.146. The maximum atomic E-state index is 12.0. The Hall–Kier alpha value is -1.09. The molecule has 0 bridgehead atoms. The molecule has 0 aromatic carbocycles. The third kappa shape index (κ3) is 2.05. The molecule has 1 aromatic rings. The van der Waals surface area contributed by atoms with Crippen LogP contribution in [0.1, 0.15) is 38.5 Å². The summed E-state index contributed by atoms with van der Waals surface area (Å²) < 4.78 is 0. The van der Waals surface area contributed by atoms with Gasteiger partial charge >= 0.3 is 0 Å². The Morgan fingerprint density at radius 1 is 1.38 bits per heavy atom. The molecule has 0 saturated carbocycles. The topological polar surface area (TPSA) is 20.3 Å². The van der Waals surface area contributed by atoms with Gasteiger partial charge in [-0.25, -0.2) is 0 Å². The van der Waals surface area contributed by atoms with Gasteiger partial charge < -0.3 is 4.90 Å². The smallest absolute Gasteiger partial charge is 0.227 e. The lowest BCUT2D eigenvalue weighted by atomic mass is 9.99. The average Bonchev–Trinajstić information content (AvgIpc) is 2.67. The first-order valence-corrected chi connectivity index (χ1v) is 6.45. The zero-order valence-corrected chi connectivity index (χ0v) is 10.8. The summed E-state index contributed by atoms with van der Waals surface area (Å²) in [6.07, 6.45) is 3.67. The molecule has 2 nitrogen and oxygen atoms in total. The first kappa shape index (κ1) is 11.4. The molecular weight excluding hydrogens is 218 g/mol. The third-order valence-corrected chi connectivity index (χ3v) is 3.52. The number of carbonyl (C=O) groups excluding carboxylic acids is 1. The van der Waals surface area contributed by atoms with Gasteiger partial charge in [-0.1, -0.05) is 12.1 Å². The van der Waals surface area contributed by atoms with Crippen LogP contribution in [0.25, 0.3) is 5.70 Å². The summed E-state index contributed by atoms with van der Waals surface area (Å²) in [5.41, 5.74) is 0.937. The summed E-state index contributed by atoms with van der Waals surface area (Å²) in [7, 11) is 0. The van der Waals surface area contributed by atoms with Crippen LogP contribution in [0, 0.1) is 0 Å². The fourth-order valence-electron chi connectivity index (χ4n) is 2.04. The Balaban J connectivity index is 2.42. The van der Waals surface area contributed by atoms with Crippen LogP contribution in [0.4, 0.5) is 0 Å². The average molecular weight is 235 g/mol. The summed E-state index contributed by atoms with van der Waals surface area (Å²) >= 11 is 1.69. The summed E-state index contributed by atoms with van der Waals surface area (Å²) in [6, 6.07) is 4.11. The standard InChI is InChI=1S/C13H17NOS/c1-13(2,3)14-10(6-4-8-12(14)15)11-7-5-9-16-11/h5-7,9H,4,8H2,1-3H3. The number of amides is 1. The van der Waals surface area contributed by atoms with E-state index in [1.807, 2.05) is 11.0 Å². The van der Waals surface area contributed by atoms with Crippen molar-refractivity contribution in [2.75, 3.05) is 0 Å². The SMILES string of the molecule is CC(C)(C)N1C(=O)CCC=C1c1cccs1. The van der Waals surface area contributed by atoms with Crippen molar-refractivity contribution in [3.63, 3.8) is 0 Å². The molecule has 1 aromatic heterocycles. The van der Waals surface area contributed by atoms with E-state index in [4.69, 9.17) is 0 Å². The van der Waals surface area contributed by atoms with E-state index >= 15 is 0 Å². The van der Waals surface area contributed by atoms with E-state index in [1.54, 1.807) is 11.3 Å². The monoisotopic (exact) mass is 235 g/mol. The van der Waals surface area contributed by atoms with E-state index in [1.165, 1.54) is 4.88 Å². The highest BCUT2D eigenvalue weighted by Gasteiger charge is 2.32. The molecule has 0 atom stereocenters. The normalized spacial score (nSPS) is 17.6. The van der Waals surface area contributed by atoms with Crippen molar-refractivity contribution in [3.05, 3.63) is 28.5 Å². The molecule has 0 unspecified atom stereocenters. The maximum Gasteiger partial charge on any atom is 0.227 e. The van der Waals surface area contributed by atoms with Gasteiger partial charge in [-0.2, -0.15) is 0 Å². The predicted molar refractivity (Wildman–Crippen MR) is 68.1 cm³/mol. The van der Waals surface area contributed by atoms with E-state index < -0.39 is 0 Å². The van der Waals surface area contributed by atoms with Crippen LogP contribution in [0.15, 0.2) is 23.6 Å².